The number of hydrogen-bond donors (Lipinski definition) is 1. The first-order chi connectivity index (χ1) is 11.5. The van der Waals surface area contributed by atoms with E-state index in [4.69, 9.17) is 9.47 Å². The summed E-state index contributed by atoms with van der Waals surface area (Å²) in [4.78, 5) is 2.55. The molecule has 1 aliphatic heterocycles. The van der Waals surface area contributed by atoms with Crippen LogP contribution in [0.4, 0.5) is 0 Å². The van der Waals surface area contributed by atoms with Gasteiger partial charge in [-0.3, -0.25) is 4.90 Å². The second-order valence-electron chi connectivity index (χ2n) is 6.66. The van der Waals surface area contributed by atoms with Crippen LogP contribution in [-0.4, -0.2) is 59.8 Å². The normalized spacial score (nSPS) is 25.1. The molecule has 2 fully saturated rings. The zero-order valence-corrected chi connectivity index (χ0v) is 15.1. The predicted octanol–water partition coefficient (Wildman–Crippen LogP) is 1.33. The average molecular weight is 354 g/mol. The van der Waals surface area contributed by atoms with Crippen LogP contribution < -0.4 is 9.46 Å². The van der Waals surface area contributed by atoms with Crippen LogP contribution in [0.5, 0.6) is 5.75 Å². The molecule has 1 aliphatic carbocycles. The van der Waals surface area contributed by atoms with E-state index in [2.05, 4.69) is 9.62 Å². The first-order valence-electron chi connectivity index (χ1n) is 8.41. The number of benzene rings is 1. The molecule has 0 aromatic heterocycles. The first kappa shape index (κ1) is 17.7. The smallest absolute Gasteiger partial charge is 0.241 e. The van der Waals surface area contributed by atoms with Gasteiger partial charge in [-0.1, -0.05) is 6.07 Å². The monoisotopic (exact) mass is 354 g/mol. The maximum Gasteiger partial charge on any atom is 0.241 e. The number of rotatable bonds is 8. The Morgan fingerprint density at radius 1 is 1.25 bits per heavy atom. The standard InChI is InChI=1S/C17H26N2O4S/c1-22-9-8-19-11-16(13-6-7-13)17(12-19)18-24(20,21)15-5-3-4-14(10-15)23-2/h3-5,10,13,16-18H,6-9,11-12H2,1-2H3. The highest BCUT2D eigenvalue weighted by atomic mass is 32.2. The Kier molecular flexibility index (Phi) is 5.44. The zero-order chi connectivity index (χ0) is 17.2. The molecule has 0 amide bonds. The lowest BCUT2D eigenvalue weighted by Gasteiger charge is -2.19. The third kappa shape index (κ3) is 4.08. The maximum absolute atomic E-state index is 12.8. The number of nitrogens with one attached hydrogen (secondary N) is 1. The Balaban J connectivity index is 1.72. The minimum atomic E-state index is -3.55. The summed E-state index contributed by atoms with van der Waals surface area (Å²) in [6.45, 7) is 3.21. The van der Waals surface area contributed by atoms with Crippen LogP contribution >= 0.6 is 0 Å². The van der Waals surface area contributed by atoms with Crippen molar-refractivity contribution in [3.05, 3.63) is 24.3 Å². The van der Waals surface area contributed by atoms with Crippen molar-refractivity contribution in [2.24, 2.45) is 11.8 Å². The van der Waals surface area contributed by atoms with Crippen LogP contribution in [0.3, 0.4) is 0 Å². The van der Waals surface area contributed by atoms with Crippen molar-refractivity contribution in [3.8, 4) is 5.75 Å². The van der Waals surface area contributed by atoms with Crippen LogP contribution in [0.2, 0.25) is 0 Å². The van der Waals surface area contributed by atoms with Crippen LogP contribution in [0.15, 0.2) is 29.2 Å². The summed E-state index contributed by atoms with van der Waals surface area (Å²) in [5, 5.41) is 0. The number of nitrogens with zero attached hydrogens (tertiary/aromatic N) is 1. The summed E-state index contributed by atoms with van der Waals surface area (Å²) in [5.74, 6) is 1.59. The van der Waals surface area contributed by atoms with Gasteiger partial charge < -0.3 is 9.47 Å². The second-order valence-corrected chi connectivity index (χ2v) is 8.37. The summed E-state index contributed by atoms with van der Waals surface area (Å²) >= 11 is 0. The van der Waals surface area contributed by atoms with E-state index in [1.807, 2.05) is 0 Å². The highest BCUT2D eigenvalue weighted by molar-refractivity contribution is 7.89. The zero-order valence-electron chi connectivity index (χ0n) is 14.3. The summed E-state index contributed by atoms with van der Waals surface area (Å²) < 4.78 is 38.7. The van der Waals surface area contributed by atoms with Crippen LogP contribution in [-0.2, 0) is 14.8 Å². The molecule has 7 heteroatoms. The first-order valence-corrected chi connectivity index (χ1v) is 9.89. The van der Waals surface area contributed by atoms with E-state index >= 15 is 0 Å². The SMILES string of the molecule is COCCN1CC(NS(=O)(=O)c2cccc(OC)c2)C(C2CC2)C1. The highest BCUT2D eigenvalue weighted by Gasteiger charge is 2.43. The van der Waals surface area contributed by atoms with Gasteiger partial charge in [0.15, 0.2) is 0 Å². The van der Waals surface area contributed by atoms with E-state index < -0.39 is 10.0 Å². The van der Waals surface area contributed by atoms with E-state index in [1.165, 1.54) is 20.0 Å². The lowest BCUT2D eigenvalue weighted by Crippen LogP contribution is -2.41. The molecule has 6 nitrogen and oxygen atoms in total. The number of sulfonamides is 1. The van der Waals surface area contributed by atoms with Crippen molar-refractivity contribution in [1.29, 1.82) is 0 Å². The van der Waals surface area contributed by atoms with Crippen molar-refractivity contribution < 1.29 is 17.9 Å². The van der Waals surface area contributed by atoms with E-state index in [9.17, 15) is 8.42 Å². The molecular formula is C17H26N2O4S. The molecule has 2 unspecified atom stereocenters. The third-order valence-corrected chi connectivity index (χ3v) is 6.43. The molecule has 1 heterocycles. The van der Waals surface area contributed by atoms with Gasteiger partial charge in [-0.25, -0.2) is 13.1 Å². The predicted molar refractivity (Wildman–Crippen MR) is 91.6 cm³/mol. The van der Waals surface area contributed by atoms with Crippen molar-refractivity contribution in [2.75, 3.05) is 40.5 Å². The lowest BCUT2D eigenvalue weighted by atomic mass is 9.99. The van der Waals surface area contributed by atoms with Gasteiger partial charge in [0.05, 0.1) is 18.6 Å². The van der Waals surface area contributed by atoms with Crippen LogP contribution in [0, 0.1) is 11.8 Å². The molecule has 1 aromatic rings. The molecule has 0 radical (unpaired) electrons. The van der Waals surface area contributed by atoms with Gasteiger partial charge in [-0.05, 0) is 36.8 Å². The molecule has 24 heavy (non-hydrogen) atoms. The van der Waals surface area contributed by atoms with Crippen molar-refractivity contribution in [1.82, 2.24) is 9.62 Å². The van der Waals surface area contributed by atoms with E-state index in [-0.39, 0.29) is 10.9 Å². The highest BCUT2D eigenvalue weighted by Crippen LogP contribution is 2.41. The Morgan fingerprint density at radius 3 is 2.71 bits per heavy atom. The topological polar surface area (TPSA) is 67.9 Å². The van der Waals surface area contributed by atoms with E-state index in [1.54, 1.807) is 31.4 Å². The summed E-state index contributed by atoms with van der Waals surface area (Å²) in [6, 6.07) is 6.57. The molecule has 1 N–H and O–H groups in total. The van der Waals surface area contributed by atoms with Gasteiger partial charge in [-0.15, -0.1) is 0 Å². The largest absolute Gasteiger partial charge is 0.497 e. The van der Waals surface area contributed by atoms with Crippen molar-refractivity contribution >= 4 is 10.0 Å². The van der Waals surface area contributed by atoms with Crippen LogP contribution in [0.1, 0.15) is 12.8 Å². The van der Waals surface area contributed by atoms with Crippen molar-refractivity contribution in [3.63, 3.8) is 0 Å². The molecule has 1 saturated carbocycles. The van der Waals surface area contributed by atoms with Gasteiger partial charge in [-0.2, -0.15) is 0 Å². The summed E-state index contributed by atoms with van der Waals surface area (Å²) in [7, 11) is -0.320. The molecule has 2 aliphatic rings. The Bertz CT molecular complexity index is 660. The Hall–Kier alpha value is -1.15. The van der Waals surface area contributed by atoms with E-state index in [0.717, 1.165) is 19.6 Å². The number of ether oxygens (including phenoxy) is 2. The fourth-order valence-electron chi connectivity index (χ4n) is 3.48. The minimum Gasteiger partial charge on any atom is -0.497 e. The minimum absolute atomic E-state index is 0.0365. The third-order valence-electron chi connectivity index (χ3n) is 4.94. The molecule has 1 saturated heterocycles. The van der Waals surface area contributed by atoms with Gasteiger partial charge in [0.25, 0.3) is 0 Å². The number of methoxy groups -OCH3 is 2. The Morgan fingerprint density at radius 2 is 2.04 bits per heavy atom. The van der Waals surface area contributed by atoms with E-state index in [0.29, 0.717) is 24.2 Å². The fraction of sp³-hybridized carbons (Fsp3) is 0.647. The molecule has 3 rings (SSSR count). The number of likely N-dealkylation sites (tertiary alicyclic amines) is 1. The van der Waals surface area contributed by atoms with Gasteiger partial charge in [0, 0.05) is 38.9 Å². The summed E-state index contributed by atoms with van der Waals surface area (Å²) in [6.07, 6.45) is 2.42. The van der Waals surface area contributed by atoms with Crippen molar-refractivity contribution in [2.45, 2.75) is 23.8 Å². The second kappa shape index (κ2) is 7.39. The molecular weight excluding hydrogens is 328 g/mol. The quantitative estimate of drug-likeness (QED) is 0.763. The van der Waals surface area contributed by atoms with Gasteiger partial charge in [0.1, 0.15) is 5.75 Å². The Labute approximate surface area is 144 Å². The van der Waals surface area contributed by atoms with Gasteiger partial charge >= 0.3 is 0 Å². The fourth-order valence-corrected chi connectivity index (χ4v) is 4.79. The molecule has 134 valence electrons. The van der Waals surface area contributed by atoms with Gasteiger partial charge in [0.2, 0.25) is 10.0 Å². The maximum atomic E-state index is 12.8. The lowest BCUT2D eigenvalue weighted by molar-refractivity contribution is 0.158. The molecule has 0 bridgehead atoms. The average Bonchev–Trinajstić information content (AvgIpc) is 3.35. The molecule has 2 atom stereocenters. The number of hydrogen-bond acceptors (Lipinski definition) is 5. The molecule has 0 spiro atoms. The molecule has 1 aromatic carbocycles. The van der Waals surface area contributed by atoms with Crippen LogP contribution in [0.25, 0.3) is 0 Å². The summed E-state index contributed by atoms with van der Waals surface area (Å²) in [5.41, 5.74) is 0.